The number of nitrogens with zero attached hydrogens (tertiary/aromatic N) is 3. The van der Waals surface area contributed by atoms with E-state index in [4.69, 9.17) is 5.10 Å². The van der Waals surface area contributed by atoms with Crippen molar-refractivity contribution in [3.8, 4) is 16.9 Å². The molecule has 0 bridgehead atoms. The van der Waals surface area contributed by atoms with Gasteiger partial charge in [0.25, 0.3) is 0 Å². The summed E-state index contributed by atoms with van der Waals surface area (Å²) in [5.41, 5.74) is 5.27. The number of aromatic nitrogens is 2. The minimum absolute atomic E-state index is 0.0720. The largest absolute Gasteiger partial charge is 0.322 e. The zero-order valence-electron chi connectivity index (χ0n) is 21.6. The van der Waals surface area contributed by atoms with Crippen LogP contribution < -0.4 is 10.6 Å². The van der Waals surface area contributed by atoms with E-state index in [0.717, 1.165) is 46.6 Å². The number of rotatable bonds is 9. The number of hydrogen-bond donors (Lipinski definition) is 2. The van der Waals surface area contributed by atoms with Crippen molar-refractivity contribution in [3.05, 3.63) is 96.1 Å². The number of aryl methyl sites for hydroxylation is 2. The Morgan fingerprint density at radius 1 is 0.865 bits per heavy atom. The van der Waals surface area contributed by atoms with Gasteiger partial charge in [-0.05, 0) is 43.5 Å². The highest BCUT2D eigenvalue weighted by atomic mass is 16.2. The van der Waals surface area contributed by atoms with Crippen molar-refractivity contribution in [2.45, 2.75) is 33.6 Å². The monoisotopic (exact) mass is 495 g/mol. The Bertz CT molecular complexity index is 1330. The topological polar surface area (TPSA) is 79.3 Å². The molecule has 0 aliphatic heterocycles. The highest BCUT2D eigenvalue weighted by Crippen LogP contribution is 2.25. The number of amides is 3. The zero-order valence-corrected chi connectivity index (χ0v) is 21.6. The van der Waals surface area contributed by atoms with E-state index in [0.29, 0.717) is 12.4 Å². The first-order chi connectivity index (χ1) is 18.0. The van der Waals surface area contributed by atoms with Gasteiger partial charge in [0.05, 0.1) is 11.4 Å². The number of hydrogen-bond acceptors (Lipinski definition) is 3. The van der Waals surface area contributed by atoms with E-state index in [-0.39, 0.29) is 18.5 Å². The Labute approximate surface area is 218 Å². The van der Waals surface area contributed by atoms with E-state index in [9.17, 15) is 9.59 Å². The number of para-hydroxylation sites is 2. The Balaban J connectivity index is 1.55. The van der Waals surface area contributed by atoms with Crippen molar-refractivity contribution >= 4 is 23.4 Å². The van der Waals surface area contributed by atoms with E-state index in [2.05, 4.69) is 17.6 Å². The van der Waals surface area contributed by atoms with Gasteiger partial charge in [0, 0.05) is 23.9 Å². The van der Waals surface area contributed by atoms with Crippen molar-refractivity contribution in [2.75, 3.05) is 23.7 Å². The lowest BCUT2D eigenvalue weighted by atomic mass is 10.1. The van der Waals surface area contributed by atoms with Crippen molar-refractivity contribution in [1.29, 1.82) is 0 Å². The molecule has 190 valence electrons. The number of unbranched alkanes of at least 4 members (excludes halogenated alkanes) is 1. The fourth-order valence-electron chi connectivity index (χ4n) is 4.14. The summed E-state index contributed by atoms with van der Waals surface area (Å²) < 4.78 is 1.72. The maximum absolute atomic E-state index is 13.2. The van der Waals surface area contributed by atoms with E-state index in [1.165, 1.54) is 0 Å². The molecule has 3 aromatic carbocycles. The predicted octanol–water partition coefficient (Wildman–Crippen LogP) is 6.43. The molecule has 1 heterocycles. The van der Waals surface area contributed by atoms with Gasteiger partial charge < -0.3 is 15.5 Å². The fourth-order valence-corrected chi connectivity index (χ4v) is 4.14. The first-order valence-corrected chi connectivity index (χ1v) is 12.6. The molecule has 7 nitrogen and oxygen atoms in total. The average molecular weight is 496 g/mol. The van der Waals surface area contributed by atoms with Gasteiger partial charge in [0.1, 0.15) is 12.4 Å². The van der Waals surface area contributed by atoms with Crippen molar-refractivity contribution in [1.82, 2.24) is 14.7 Å². The van der Waals surface area contributed by atoms with Gasteiger partial charge in [-0.25, -0.2) is 9.48 Å². The van der Waals surface area contributed by atoms with E-state index < -0.39 is 0 Å². The lowest BCUT2D eigenvalue weighted by molar-refractivity contribution is -0.116. The quantitative estimate of drug-likeness (QED) is 0.281. The highest BCUT2D eigenvalue weighted by molar-refractivity contribution is 5.97. The molecule has 4 rings (SSSR count). The molecule has 7 heteroatoms. The molecule has 0 saturated heterocycles. The van der Waals surface area contributed by atoms with Crippen LogP contribution in [0.1, 0.15) is 30.9 Å². The highest BCUT2D eigenvalue weighted by Gasteiger charge is 2.20. The Kier molecular flexibility index (Phi) is 8.36. The summed E-state index contributed by atoms with van der Waals surface area (Å²) in [7, 11) is 0. The summed E-state index contributed by atoms with van der Waals surface area (Å²) >= 11 is 0. The molecule has 0 unspecified atom stereocenters. The Hall–Kier alpha value is -4.39. The molecular weight excluding hydrogens is 462 g/mol. The lowest BCUT2D eigenvalue weighted by Crippen LogP contribution is -2.41. The maximum atomic E-state index is 13.2. The standard InChI is InChI=1S/C30H33N5O2/c1-4-5-19-34(30(37)32-29-22(2)13-12-14-23(29)3)21-28(36)31-27-20-26(24-15-8-6-9-16-24)33-35(27)25-17-10-7-11-18-25/h6-18,20H,4-5,19,21H2,1-3H3,(H,31,36)(H,32,37). The minimum Gasteiger partial charge on any atom is -0.315 e. The fraction of sp³-hybridized carbons (Fsp3) is 0.233. The summed E-state index contributed by atoms with van der Waals surface area (Å²) in [6.45, 7) is 6.39. The number of urea groups is 1. The van der Waals surface area contributed by atoms with Crippen molar-refractivity contribution in [3.63, 3.8) is 0 Å². The molecule has 0 spiro atoms. The molecule has 1 aromatic heterocycles. The summed E-state index contributed by atoms with van der Waals surface area (Å²) in [6, 6.07) is 26.9. The van der Waals surface area contributed by atoms with Crippen LogP contribution in [0.4, 0.5) is 16.3 Å². The van der Waals surface area contributed by atoms with E-state index in [1.54, 1.807) is 9.58 Å². The summed E-state index contributed by atoms with van der Waals surface area (Å²) in [6.07, 6.45) is 1.71. The van der Waals surface area contributed by atoms with E-state index in [1.807, 2.05) is 98.8 Å². The van der Waals surface area contributed by atoms with Crippen LogP contribution >= 0.6 is 0 Å². The van der Waals surface area contributed by atoms with Gasteiger partial charge in [-0.1, -0.05) is 80.1 Å². The van der Waals surface area contributed by atoms with Crippen LogP contribution in [-0.2, 0) is 4.79 Å². The smallest absolute Gasteiger partial charge is 0.315 e. The zero-order chi connectivity index (χ0) is 26.2. The van der Waals surface area contributed by atoms with Crippen LogP contribution in [0, 0.1) is 13.8 Å². The third-order valence-electron chi connectivity index (χ3n) is 6.16. The average Bonchev–Trinajstić information content (AvgIpc) is 3.33. The Morgan fingerprint density at radius 2 is 1.51 bits per heavy atom. The second kappa shape index (κ2) is 12.0. The van der Waals surface area contributed by atoms with Crippen molar-refractivity contribution in [2.24, 2.45) is 0 Å². The van der Waals surface area contributed by atoms with Gasteiger partial charge in [-0.3, -0.25) is 4.79 Å². The molecular formula is C30H33N5O2. The molecule has 0 atom stereocenters. The molecule has 2 N–H and O–H groups in total. The van der Waals surface area contributed by atoms with Crippen LogP contribution in [-0.4, -0.2) is 39.7 Å². The normalized spacial score (nSPS) is 10.7. The maximum Gasteiger partial charge on any atom is 0.322 e. The van der Waals surface area contributed by atoms with Gasteiger partial charge in [-0.15, -0.1) is 0 Å². The van der Waals surface area contributed by atoms with Crippen LogP contribution in [0.2, 0.25) is 0 Å². The molecule has 0 saturated carbocycles. The molecule has 37 heavy (non-hydrogen) atoms. The van der Waals surface area contributed by atoms with Crippen LogP contribution in [0.5, 0.6) is 0 Å². The first-order valence-electron chi connectivity index (χ1n) is 12.6. The second-order valence-corrected chi connectivity index (χ2v) is 9.05. The summed E-state index contributed by atoms with van der Waals surface area (Å²) in [5.74, 6) is 0.255. The second-order valence-electron chi connectivity index (χ2n) is 9.05. The third-order valence-corrected chi connectivity index (χ3v) is 6.16. The summed E-state index contributed by atoms with van der Waals surface area (Å²) in [5, 5.41) is 10.7. The third kappa shape index (κ3) is 6.44. The molecule has 0 aliphatic carbocycles. The van der Waals surface area contributed by atoms with Gasteiger partial charge >= 0.3 is 6.03 Å². The molecule has 4 aromatic rings. The van der Waals surface area contributed by atoms with E-state index >= 15 is 0 Å². The van der Waals surface area contributed by atoms with Crippen LogP contribution in [0.15, 0.2) is 84.9 Å². The van der Waals surface area contributed by atoms with Crippen molar-refractivity contribution < 1.29 is 9.59 Å². The number of nitrogens with one attached hydrogen (secondary N) is 2. The van der Waals surface area contributed by atoms with Gasteiger partial charge in [0.2, 0.25) is 5.91 Å². The lowest BCUT2D eigenvalue weighted by Gasteiger charge is -2.23. The molecule has 0 aliphatic rings. The van der Waals surface area contributed by atoms with Crippen LogP contribution in [0.3, 0.4) is 0 Å². The SMILES string of the molecule is CCCCN(CC(=O)Nc1cc(-c2ccccc2)nn1-c1ccccc1)C(=O)Nc1c(C)cccc1C. The van der Waals surface area contributed by atoms with Gasteiger partial charge in [-0.2, -0.15) is 5.10 Å². The molecule has 3 amide bonds. The number of anilines is 2. The summed E-state index contributed by atoms with van der Waals surface area (Å²) in [4.78, 5) is 28.0. The number of carbonyl (C=O) groups excluding carboxylic acids is 2. The first kappa shape index (κ1) is 25.7. The minimum atomic E-state index is -0.289. The number of benzene rings is 3. The van der Waals surface area contributed by atoms with Gasteiger partial charge in [0.15, 0.2) is 0 Å². The number of carbonyl (C=O) groups is 2. The molecule has 0 fully saturated rings. The Morgan fingerprint density at radius 3 is 2.16 bits per heavy atom. The predicted molar refractivity (Wildman–Crippen MR) is 149 cm³/mol. The molecule has 0 radical (unpaired) electrons. The van der Waals surface area contributed by atoms with Crippen LogP contribution in [0.25, 0.3) is 16.9 Å².